The van der Waals surface area contributed by atoms with Crippen molar-refractivity contribution < 1.29 is 9.47 Å². The van der Waals surface area contributed by atoms with Gasteiger partial charge in [0.05, 0.1) is 19.3 Å². The van der Waals surface area contributed by atoms with E-state index in [2.05, 4.69) is 34.9 Å². The maximum Gasteiger partial charge on any atom is 0.105 e. The van der Waals surface area contributed by atoms with E-state index in [0.717, 1.165) is 52.2 Å². The van der Waals surface area contributed by atoms with E-state index in [1.54, 1.807) is 0 Å². The Balaban J connectivity index is 1.63. The van der Waals surface area contributed by atoms with Crippen LogP contribution in [0.1, 0.15) is 18.4 Å². The molecular formula is C17H27N3O2. The fourth-order valence-corrected chi connectivity index (χ4v) is 3.52. The van der Waals surface area contributed by atoms with Crippen LogP contribution < -0.4 is 0 Å². The Morgan fingerprint density at radius 2 is 2.36 bits per heavy atom. The van der Waals surface area contributed by atoms with Crippen molar-refractivity contribution in [3.63, 3.8) is 0 Å². The molecule has 0 aliphatic carbocycles. The van der Waals surface area contributed by atoms with Crippen LogP contribution in [0, 0.1) is 0 Å². The number of likely N-dealkylation sites (N-methyl/N-ethyl adjacent to an activating group) is 1. The van der Waals surface area contributed by atoms with Crippen molar-refractivity contribution in [2.75, 3.05) is 46.9 Å². The minimum atomic E-state index is -0.126. The highest BCUT2D eigenvalue weighted by Gasteiger charge is 2.43. The summed E-state index contributed by atoms with van der Waals surface area (Å²) in [4.78, 5) is 8.86. The number of hydrogen-bond acceptors (Lipinski definition) is 5. The molecule has 2 atom stereocenters. The van der Waals surface area contributed by atoms with Crippen molar-refractivity contribution in [1.82, 2.24) is 14.8 Å². The van der Waals surface area contributed by atoms with Crippen molar-refractivity contribution in [1.29, 1.82) is 0 Å². The van der Waals surface area contributed by atoms with Crippen molar-refractivity contribution in [3.8, 4) is 0 Å². The lowest BCUT2D eigenvalue weighted by molar-refractivity contribution is -0.0902. The van der Waals surface area contributed by atoms with E-state index in [1.807, 2.05) is 18.5 Å². The molecule has 2 fully saturated rings. The highest BCUT2D eigenvalue weighted by molar-refractivity contribution is 5.08. The average Bonchev–Trinajstić information content (AvgIpc) is 2.75. The first-order chi connectivity index (χ1) is 10.7. The molecule has 2 aliphatic heterocycles. The van der Waals surface area contributed by atoms with Gasteiger partial charge in [-0.05, 0) is 38.6 Å². The third-order valence-corrected chi connectivity index (χ3v) is 4.47. The van der Waals surface area contributed by atoms with Gasteiger partial charge in [-0.3, -0.25) is 9.88 Å². The van der Waals surface area contributed by atoms with Crippen LogP contribution in [0.25, 0.3) is 0 Å². The maximum absolute atomic E-state index is 6.42. The van der Waals surface area contributed by atoms with E-state index in [0.29, 0.717) is 6.10 Å². The number of rotatable bonds is 4. The molecular weight excluding hydrogens is 278 g/mol. The summed E-state index contributed by atoms with van der Waals surface area (Å²) in [5, 5.41) is 0. The largest absolute Gasteiger partial charge is 0.377 e. The number of nitrogens with zero attached hydrogens (tertiary/aromatic N) is 3. The summed E-state index contributed by atoms with van der Waals surface area (Å²) in [5.74, 6) is 0. The van der Waals surface area contributed by atoms with E-state index in [1.165, 1.54) is 5.56 Å². The zero-order valence-electron chi connectivity index (χ0n) is 13.7. The van der Waals surface area contributed by atoms with Crippen molar-refractivity contribution in [3.05, 3.63) is 30.1 Å². The third-order valence-electron chi connectivity index (χ3n) is 4.47. The molecule has 3 rings (SSSR count). The lowest BCUT2D eigenvalue weighted by Gasteiger charge is -2.32. The smallest absolute Gasteiger partial charge is 0.105 e. The second-order valence-corrected chi connectivity index (χ2v) is 6.85. The van der Waals surface area contributed by atoms with Gasteiger partial charge in [0.1, 0.15) is 5.60 Å². The van der Waals surface area contributed by atoms with Gasteiger partial charge in [0.15, 0.2) is 0 Å². The fraction of sp³-hybridized carbons (Fsp3) is 0.706. The monoisotopic (exact) mass is 305 g/mol. The van der Waals surface area contributed by atoms with Gasteiger partial charge in [-0.15, -0.1) is 0 Å². The van der Waals surface area contributed by atoms with Gasteiger partial charge in [0.2, 0.25) is 0 Å². The van der Waals surface area contributed by atoms with Crippen LogP contribution in [0.5, 0.6) is 0 Å². The summed E-state index contributed by atoms with van der Waals surface area (Å²) < 4.78 is 12.3. The SMILES string of the molecule is CN(C)C[C@H]1CC[C@]2(COCCN(Cc3cccnc3)C2)O1. The van der Waals surface area contributed by atoms with E-state index >= 15 is 0 Å². The molecule has 0 bridgehead atoms. The molecule has 0 N–H and O–H groups in total. The number of ether oxygens (including phenoxy) is 2. The highest BCUT2D eigenvalue weighted by atomic mass is 16.6. The fourth-order valence-electron chi connectivity index (χ4n) is 3.52. The first-order valence-corrected chi connectivity index (χ1v) is 8.17. The van der Waals surface area contributed by atoms with E-state index in [-0.39, 0.29) is 5.60 Å². The van der Waals surface area contributed by atoms with Crippen LogP contribution in [0.4, 0.5) is 0 Å². The molecule has 2 saturated heterocycles. The first kappa shape index (κ1) is 15.9. The Morgan fingerprint density at radius 1 is 1.45 bits per heavy atom. The third kappa shape index (κ3) is 4.04. The van der Waals surface area contributed by atoms with E-state index in [4.69, 9.17) is 9.47 Å². The van der Waals surface area contributed by atoms with Crippen LogP contribution in [0.2, 0.25) is 0 Å². The van der Waals surface area contributed by atoms with Crippen LogP contribution in [0.3, 0.4) is 0 Å². The van der Waals surface area contributed by atoms with Crippen molar-refractivity contribution in [2.24, 2.45) is 0 Å². The minimum Gasteiger partial charge on any atom is -0.377 e. The van der Waals surface area contributed by atoms with Gasteiger partial charge in [0.25, 0.3) is 0 Å². The lowest BCUT2D eigenvalue weighted by Crippen LogP contribution is -2.45. The summed E-state index contributed by atoms with van der Waals surface area (Å²) in [5.41, 5.74) is 1.13. The number of aromatic nitrogens is 1. The summed E-state index contributed by atoms with van der Waals surface area (Å²) in [6.45, 7) is 5.32. The van der Waals surface area contributed by atoms with Gasteiger partial charge in [0, 0.05) is 38.6 Å². The summed E-state index contributed by atoms with van der Waals surface area (Å²) in [6.07, 6.45) is 6.32. The molecule has 1 aromatic heterocycles. The lowest BCUT2D eigenvalue weighted by atomic mass is 10.00. The number of pyridine rings is 1. The van der Waals surface area contributed by atoms with Crippen LogP contribution in [-0.4, -0.2) is 73.4 Å². The second-order valence-electron chi connectivity index (χ2n) is 6.85. The molecule has 0 aromatic carbocycles. The molecule has 0 unspecified atom stereocenters. The zero-order chi connectivity index (χ0) is 15.4. The average molecular weight is 305 g/mol. The Morgan fingerprint density at radius 3 is 3.14 bits per heavy atom. The van der Waals surface area contributed by atoms with Gasteiger partial charge >= 0.3 is 0 Å². The molecule has 1 spiro atoms. The van der Waals surface area contributed by atoms with Crippen molar-refractivity contribution >= 4 is 0 Å². The van der Waals surface area contributed by atoms with Gasteiger partial charge in [-0.25, -0.2) is 0 Å². The Bertz CT molecular complexity index is 468. The Hall–Kier alpha value is -1.01. The predicted octanol–water partition coefficient (Wildman–Crippen LogP) is 1.39. The zero-order valence-corrected chi connectivity index (χ0v) is 13.7. The Labute approximate surface area is 133 Å². The molecule has 0 amide bonds. The summed E-state index contributed by atoms with van der Waals surface area (Å²) in [6, 6.07) is 4.13. The topological polar surface area (TPSA) is 37.8 Å². The highest BCUT2D eigenvalue weighted by Crippen LogP contribution is 2.33. The summed E-state index contributed by atoms with van der Waals surface area (Å²) in [7, 11) is 4.21. The molecule has 122 valence electrons. The molecule has 2 aliphatic rings. The van der Waals surface area contributed by atoms with Crippen LogP contribution in [-0.2, 0) is 16.0 Å². The van der Waals surface area contributed by atoms with E-state index < -0.39 is 0 Å². The maximum atomic E-state index is 6.42. The Kier molecular flexibility index (Phi) is 5.08. The second kappa shape index (κ2) is 7.04. The van der Waals surface area contributed by atoms with Crippen LogP contribution in [0.15, 0.2) is 24.5 Å². The molecule has 5 heteroatoms. The minimum absolute atomic E-state index is 0.126. The standard InChI is InChI=1S/C17H27N3O2/c1-19(2)12-16-5-6-17(22-16)13-20(8-9-21-14-17)11-15-4-3-7-18-10-15/h3-4,7,10,16H,5-6,8-9,11-14H2,1-2H3/t16-,17+/m1/s1. The van der Waals surface area contributed by atoms with Crippen LogP contribution >= 0.6 is 0 Å². The van der Waals surface area contributed by atoms with Crippen molar-refractivity contribution in [2.45, 2.75) is 31.1 Å². The molecule has 0 saturated carbocycles. The normalized spacial score (nSPS) is 30.0. The predicted molar refractivity (Wildman–Crippen MR) is 85.7 cm³/mol. The molecule has 5 nitrogen and oxygen atoms in total. The first-order valence-electron chi connectivity index (χ1n) is 8.17. The molecule has 3 heterocycles. The van der Waals surface area contributed by atoms with Gasteiger partial charge < -0.3 is 14.4 Å². The molecule has 0 radical (unpaired) electrons. The summed E-state index contributed by atoms with van der Waals surface area (Å²) >= 11 is 0. The quantitative estimate of drug-likeness (QED) is 0.840. The van der Waals surface area contributed by atoms with Gasteiger partial charge in [-0.1, -0.05) is 6.07 Å². The number of hydrogen-bond donors (Lipinski definition) is 0. The molecule has 1 aromatic rings. The molecule has 22 heavy (non-hydrogen) atoms. The van der Waals surface area contributed by atoms with E-state index in [9.17, 15) is 0 Å². The van der Waals surface area contributed by atoms with Gasteiger partial charge in [-0.2, -0.15) is 0 Å².